The maximum atomic E-state index is 12.9. The first-order valence-corrected chi connectivity index (χ1v) is 11.8. The molecule has 0 fully saturated rings. The maximum Gasteiger partial charge on any atom is 0.243 e. The second-order valence-electron chi connectivity index (χ2n) is 7.05. The molecule has 6 nitrogen and oxygen atoms in total. The zero-order valence-electron chi connectivity index (χ0n) is 17.8. The highest BCUT2D eigenvalue weighted by Gasteiger charge is 2.23. The van der Waals surface area contributed by atoms with Gasteiger partial charge in [0.05, 0.1) is 16.7 Å². The largest absolute Gasteiger partial charge is 0.489 e. The minimum Gasteiger partial charge on any atom is -0.489 e. The van der Waals surface area contributed by atoms with Crippen molar-refractivity contribution in [3.63, 3.8) is 0 Å². The second kappa shape index (κ2) is 10.8. The molecule has 0 aromatic heterocycles. The molecule has 2 rings (SSSR count). The summed E-state index contributed by atoms with van der Waals surface area (Å²) in [6.45, 7) is 8.03. The third-order valence-corrected chi connectivity index (χ3v) is 6.92. The van der Waals surface area contributed by atoms with Crippen molar-refractivity contribution < 1.29 is 17.9 Å². The van der Waals surface area contributed by atoms with E-state index in [0.717, 1.165) is 5.56 Å². The molecule has 0 aliphatic rings. The van der Waals surface area contributed by atoms with Gasteiger partial charge in [-0.1, -0.05) is 43.6 Å². The van der Waals surface area contributed by atoms with E-state index in [-0.39, 0.29) is 23.3 Å². The lowest BCUT2D eigenvalue weighted by molar-refractivity contribution is -0.116. The van der Waals surface area contributed by atoms with E-state index in [1.54, 1.807) is 26.0 Å². The van der Waals surface area contributed by atoms with Crippen molar-refractivity contribution in [3.05, 3.63) is 53.1 Å². The average molecular weight is 453 g/mol. The Hall–Kier alpha value is -2.09. The lowest BCUT2D eigenvalue weighted by Crippen LogP contribution is -2.30. The predicted octanol–water partition coefficient (Wildman–Crippen LogP) is 4.73. The molecule has 0 bridgehead atoms. The SMILES string of the molecule is CCN(CC)S(=O)(=O)c1ccc(OC(C)C)c(NC(=O)CCc2ccccc2Cl)c1. The summed E-state index contributed by atoms with van der Waals surface area (Å²) in [5.74, 6) is 0.176. The van der Waals surface area contributed by atoms with Crippen LogP contribution >= 0.6 is 11.6 Å². The molecule has 1 amide bonds. The van der Waals surface area contributed by atoms with Crippen molar-refractivity contribution in [2.24, 2.45) is 0 Å². The molecule has 8 heteroatoms. The van der Waals surface area contributed by atoms with Gasteiger partial charge in [0, 0.05) is 24.5 Å². The molecule has 0 heterocycles. The van der Waals surface area contributed by atoms with E-state index in [1.165, 1.54) is 16.4 Å². The third-order valence-electron chi connectivity index (χ3n) is 4.51. The van der Waals surface area contributed by atoms with Crippen molar-refractivity contribution >= 4 is 33.2 Å². The van der Waals surface area contributed by atoms with Crippen LogP contribution in [-0.2, 0) is 21.2 Å². The zero-order chi connectivity index (χ0) is 22.3. The van der Waals surface area contributed by atoms with Gasteiger partial charge in [0.1, 0.15) is 5.75 Å². The van der Waals surface area contributed by atoms with E-state index in [1.807, 2.05) is 32.0 Å². The van der Waals surface area contributed by atoms with Gasteiger partial charge in [-0.2, -0.15) is 4.31 Å². The average Bonchev–Trinajstić information content (AvgIpc) is 2.69. The molecule has 2 aromatic carbocycles. The standard InChI is InChI=1S/C22H29ClN2O4S/c1-5-25(6-2)30(27,28)18-12-13-21(29-16(3)4)20(15-18)24-22(26)14-11-17-9-7-8-10-19(17)23/h7-10,12-13,15-16H,5-6,11,14H2,1-4H3,(H,24,26). The molecule has 0 aliphatic heterocycles. The summed E-state index contributed by atoms with van der Waals surface area (Å²) < 4.78 is 32.9. The van der Waals surface area contributed by atoms with Crippen LogP contribution in [0.1, 0.15) is 39.7 Å². The first-order chi connectivity index (χ1) is 14.2. The van der Waals surface area contributed by atoms with Crippen LogP contribution in [0.15, 0.2) is 47.4 Å². The van der Waals surface area contributed by atoms with E-state index in [9.17, 15) is 13.2 Å². The molecule has 0 spiro atoms. The zero-order valence-corrected chi connectivity index (χ0v) is 19.4. The van der Waals surface area contributed by atoms with Gasteiger partial charge in [0.25, 0.3) is 0 Å². The molecule has 0 aliphatic carbocycles. The van der Waals surface area contributed by atoms with Gasteiger partial charge in [-0.15, -0.1) is 0 Å². The second-order valence-corrected chi connectivity index (χ2v) is 9.40. The summed E-state index contributed by atoms with van der Waals surface area (Å²) in [5, 5.41) is 3.42. The first kappa shape index (κ1) is 24.2. The van der Waals surface area contributed by atoms with Gasteiger partial charge >= 0.3 is 0 Å². The molecular weight excluding hydrogens is 424 g/mol. The number of hydrogen-bond donors (Lipinski definition) is 1. The molecule has 0 unspecified atom stereocenters. The number of sulfonamides is 1. The monoisotopic (exact) mass is 452 g/mol. The number of rotatable bonds is 10. The van der Waals surface area contributed by atoms with Gasteiger partial charge < -0.3 is 10.1 Å². The van der Waals surface area contributed by atoms with Gasteiger partial charge in [-0.3, -0.25) is 4.79 Å². The van der Waals surface area contributed by atoms with Crippen LogP contribution in [0.2, 0.25) is 5.02 Å². The summed E-state index contributed by atoms with van der Waals surface area (Å²) in [6.07, 6.45) is 0.551. The summed E-state index contributed by atoms with van der Waals surface area (Å²) in [4.78, 5) is 12.7. The van der Waals surface area contributed by atoms with Crippen LogP contribution < -0.4 is 10.1 Å². The molecule has 0 saturated carbocycles. The van der Waals surface area contributed by atoms with Crippen LogP contribution in [0.5, 0.6) is 5.75 Å². The van der Waals surface area contributed by atoms with Crippen molar-refractivity contribution in [3.8, 4) is 5.75 Å². The van der Waals surface area contributed by atoms with Crippen LogP contribution in [0.4, 0.5) is 5.69 Å². The van der Waals surface area contributed by atoms with Crippen LogP contribution in [-0.4, -0.2) is 37.8 Å². The quantitative estimate of drug-likeness (QED) is 0.565. The molecule has 1 N–H and O–H groups in total. The number of ether oxygens (including phenoxy) is 1. The minimum atomic E-state index is -3.66. The Kier molecular flexibility index (Phi) is 8.70. The van der Waals surface area contributed by atoms with Crippen LogP contribution in [0.3, 0.4) is 0 Å². The van der Waals surface area contributed by atoms with Crippen molar-refractivity contribution in [2.45, 2.75) is 51.5 Å². The smallest absolute Gasteiger partial charge is 0.243 e. The number of carbonyl (C=O) groups is 1. The molecule has 0 atom stereocenters. The normalized spacial score (nSPS) is 11.7. The minimum absolute atomic E-state index is 0.115. The van der Waals surface area contributed by atoms with Crippen molar-refractivity contribution in [1.82, 2.24) is 4.31 Å². The number of benzene rings is 2. The number of carbonyl (C=O) groups excluding carboxylic acids is 1. The highest BCUT2D eigenvalue weighted by atomic mass is 35.5. The Labute approximate surface area is 184 Å². The number of anilines is 1. The van der Waals surface area contributed by atoms with E-state index < -0.39 is 10.0 Å². The lowest BCUT2D eigenvalue weighted by atomic mass is 10.1. The Morgan fingerprint density at radius 2 is 1.80 bits per heavy atom. The summed E-state index contributed by atoms with van der Waals surface area (Å²) in [6, 6.07) is 11.9. The third kappa shape index (κ3) is 6.20. The topological polar surface area (TPSA) is 75.7 Å². The molecular formula is C22H29ClN2O4S. The Bertz CT molecular complexity index is 973. The van der Waals surface area contributed by atoms with E-state index in [2.05, 4.69) is 5.32 Å². The van der Waals surface area contributed by atoms with E-state index in [0.29, 0.717) is 36.0 Å². The summed E-state index contributed by atoms with van der Waals surface area (Å²) in [5.41, 5.74) is 1.21. The van der Waals surface area contributed by atoms with E-state index >= 15 is 0 Å². The molecule has 164 valence electrons. The fourth-order valence-corrected chi connectivity index (χ4v) is 4.71. The number of aryl methyl sites for hydroxylation is 1. The fraction of sp³-hybridized carbons (Fsp3) is 0.409. The lowest BCUT2D eigenvalue weighted by Gasteiger charge is -2.20. The predicted molar refractivity (Wildman–Crippen MR) is 121 cm³/mol. The molecule has 0 radical (unpaired) electrons. The van der Waals surface area contributed by atoms with Crippen molar-refractivity contribution in [2.75, 3.05) is 18.4 Å². The number of hydrogen-bond acceptors (Lipinski definition) is 4. The summed E-state index contributed by atoms with van der Waals surface area (Å²) in [7, 11) is -3.66. The van der Waals surface area contributed by atoms with Gasteiger partial charge in [-0.25, -0.2) is 8.42 Å². The Morgan fingerprint density at radius 3 is 2.40 bits per heavy atom. The van der Waals surface area contributed by atoms with Crippen LogP contribution in [0, 0.1) is 0 Å². The number of halogens is 1. The molecule has 30 heavy (non-hydrogen) atoms. The molecule has 2 aromatic rings. The van der Waals surface area contributed by atoms with Gasteiger partial charge in [0.15, 0.2) is 0 Å². The Balaban J connectivity index is 2.26. The van der Waals surface area contributed by atoms with Crippen LogP contribution in [0.25, 0.3) is 0 Å². The van der Waals surface area contributed by atoms with Gasteiger partial charge in [-0.05, 0) is 50.1 Å². The highest BCUT2D eigenvalue weighted by molar-refractivity contribution is 7.89. The summed E-state index contributed by atoms with van der Waals surface area (Å²) >= 11 is 6.16. The van der Waals surface area contributed by atoms with Crippen molar-refractivity contribution in [1.29, 1.82) is 0 Å². The fourth-order valence-electron chi connectivity index (χ4n) is 3.00. The first-order valence-electron chi connectivity index (χ1n) is 10.0. The molecule has 0 saturated heterocycles. The van der Waals surface area contributed by atoms with E-state index in [4.69, 9.17) is 16.3 Å². The Morgan fingerprint density at radius 1 is 1.13 bits per heavy atom. The maximum absolute atomic E-state index is 12.9. The number of nitrogens with zero attached hydrogens (tertiary/aromatic N) is 1. The number of nitrogens with one attached hydrogen (secondary N) is 1. The van der Waals surface area contributed by atoms with Gasteiger partial charge in [0.2, 0.25) is 15.9 Å². The number of amides is 1. The highest BCUT2D eigenvalue weighted by Crippen LogP contribution is 2.30.